The number of carboxylic acid groups (broad SMARTS) is 1. The molecule has 21 heavy (non-hydrogen) atoms. The molecule has 1 saturated carbocycles. The fraction of sp³-hybridized carbons (Fsp3) is 0.588. The van der Waals surface area contributed by atoms with Crippen LogP contribution >= 0.6 is 0 Å². The Hall–Kier alpha value is -1.39. The molecule has 1 heterocycles. The van der Waals surface area contributed by atoms with Crippen molar-refractivity contribution in [1.82, 2.24) is 10.2 Å². The fourth-order valence-electron chi connectivity index (χ4n) is 3.30. The number of nitrogens with zero attached hydrogens (tertiary/aromatic N) is 1. The maximum atomic E-state index is 12.2. The molecule has 1 aromatic rings. The molecule has 0 radical (unpaired) electrons. The fourth-order valence-corrected chi connectivity index (χ4v) is 3.30. The van der Waals surface area contributed by atoms with Crippen LogP contribution in [0.4, 0.5) is 0 Å². The van der Waals surface area contributed by atoms with Gasteiger partial charge in [-0.25, -0.2) is 4.79 Å². The van der Waals surface area contributed by atoms with E-state index < -0.39 is 11.5 Å². The van der Waals surface area contributed by atoms with Crippen LogP contribution in [0.2, 0.25) is 0 Å². The Morgan fingerprint density at radius 3 is 2.57 bits per heavy atom. The molecule has 0 amide bonds. The predicted molar refractivity (Wildman–Crippen MR) is 82.2 cm³/mol. The number of rotatable bonds is 6. The minimum Gasteiger partial charge on any atom is -0.480 e. The van der Waals surface area contributed by atoms with Crippen LogP contribution in [-0.4, -0.2) is 41.1 Å². The van der Waals surface area contributed by atoms with Gasteiger partial charge in [0.05, 0.1) is 0 Å². The molecule has 2 unspecified atom stereocenters. The van der Waals surface area contributed by atoms with Crippen LogP contribution in [0, 0.1) is 0 Å². The monoisotopic (exact) mass is 288 g/mol. The highest BCUT2D eigenvalue weighted by molar-refractivity contribution is 5.81. The lowest BCUT2D eigenvalue weighted by Crippen LogP contribution is -2.57. The van der Waals surface area contributed by atoms with Crippen molar-refractivity contribution in [2.45, 2.75) is 50.2 Å². The molecule has 2 fully saturated rings. The molecule has 0 aromatic heterocycles. The summed E-state index contributed by atoms with van der Waals surface area (Å²) in [6.45, 7) is 3.74. The zero-order valence-corrected chi connectivity index (χ0v) is 12.6. The van der Waals surface area contributed by atoms with Gasteiger partial charge in [-0.05, 0) is 44.7 Å². The van der Waals surface area contributed by atoms with Crippen LogP contribution in [-0.2, 0) is 10.3 Å². The van der Waals surface area contributed by atoms with E-state index in [-0.39, 0.29) is 0 Å². The normalized spacial score (nSPS) is 25.7. The number of hydrogen-bond acceptors (Lipinski definition) is 3. The van der Waals surface area contributed by atoms with Gasteiger partial charge in [0.25, 0.3) is 0 Å². The lowest BCUT2D eigenvalue weighted by molar-refractivity contribution is -0.146. The van der Waals surface area contributed by atoms with Crippen LogP contribution in [0.5, 0.6) is 0 Å². The summed E-state index contributed by atoms with van der Waals surface area (Å²) in [5.74, 6) is -0.764. The number of carboxylic acids is 1. The largest absolute Gasteiger partial charge is 0.480 e. The number of likely N-dealkylation sites (tertiary alicyclic amines) is 1. The summed E-state index contributed by atoms with van der Waals surface area (Å²) in [7, 11) is 0. The van der Waals surface area contributed by atoms with Crippen LogP contribution in [0.1, 0.15) is 38.2 Å². The molecule has 3 rings (SSSR count). The van der Waals surface area contributed by atoms with Gasteiger partial charge < -0.3 is 5.11 Å². The predicted octanol–water partition coefficient (Wildman–Crippen LogP) is 2.20. The Morgan fingerprint density at radius 2 is 2.05 bits per heavy atom. The minimum absolute atomic E-state index is 0.346. The summed E-state index contributed by atoms with van der Waals surface area (Å²) in [4.78, 5) is 14.5. The van der Waals surface area contributed by atoms with Crippen molar-refractivity contribution in [3.63, 3.8) is 0 Å². The second-order valence-electron chi connectivity index (χ2n) is 6.46. The van der Waals surface area contributed by atoms with Gasteiger partial charge in [0, 0.05) is 18.6 Å². The highest BCUT2D eigenvalue weighted by atomic mass is 16.4. The Balaban J connectivity index is 1.93. The summed E-state index contributed by atoms with van der Waals surface area (Å²) in [5.41, 5.74) is -0.121. The molecule has 2 atom stereocenters. The average Bonchev–Trinajstić information content (AvgIpc) is 3.21. The standard InChI is InChI=1S/C17H24N2O2/c1-13-6-5-11-19(13)12-17(16(20)21,18-15-9-10-15)14-7-3-2-4-8-14/h2-4,7-8,13,15,18H,5-6,9-12H2,1H3,(H,20,21). The molecule has 1 saturated heterocycles. The number of hydrogen-bond donors (Lipinski definition) is 2. The first kappa shape index (κ1) is 14.5. The highest BCUT2D eigenvalue weighted by Crippen LogP contribution is 2.32. The van der Waals surface area contributed by atoms with Gasteiger partial charge in [-0.3, -0.25) is 10.2 Å². The molecule has 4 nitrogen and oxygen atoms in total. The molecule has 0 bridgehead atoms. The smallest absolute Gasteiger partial charge is 0.329 e. The molecule has 1 aliphatic heterocycles. The van der Waals surface area contributed by atoms with Crippen molar-refractivity contribution in [2.24, 2.45) is 0 Å². The molecular formula is C17H24N2O2. The van der Waals surface area contributed by atoms with E-state index in [1.807, 2.05) is 30.3 Å². The molecule has 4 heteroatoms. The Kier molecular flexibility index (Phi) is 4.00. The molecular weight excluding hydrogens is 264 g/mol. The van der Waals surface area contributed by atoms with Crippen LogP contribution in [0.25, 0.3) is 0 Å². The van der Waals surface area contributed by atoms with E-state index >= 15 is 0 Å². The second-order valence-corrected chi connectivity index (χ2v) is 6.46. The van der Waals surface area contributed by atoms with Gasteiger partial charge in [0.2, 0.25) is 0 Å². The number of nitrogens with one attached hydrogen (secondary N) is 1. The molecule has 2 aliphatic rings. The van der Waals surface area contributed by atoms with Gasteiger partial charge >= 0.3 is 5.97 Å². The van der Waals surface area contributed by atoms with Crippen molar-refractivity contribution in [2.75, 3.05) is 13.1 Å². The maximum absolute atomic E-state index is 12.2. The molecule has 1 aromatic carbocycles. The highest BCUT2D eigenvalue weighted by Gasteiger charge is 2.46. The van der Waals surface area contributed by atoms with E-state index in [2.05, 4.69) is 17.1 Å². The molecule has 114 valence electrons. The quantitative estimate of drug-likeness (QED) is 0.842. The second kappa shape index (κ2) is 5.78. The summed E-state index contributed by atoms with van der Waals surface area (Å²) in [6, 6.07) is 10.5. The van der Waals surface area contributed by atoms with Crippen molar-refractivity contribution in [3.05, 3.63) is 35.9 Å². The van der Waals surface area contributed by atoms with E-state index in [9.17, 15) is 9.90 Å². The van der Waals surface area contributed by atoms with Crippen molar-refractivity contribution >= 4 is 5.97 Å². The van der Waals surface area contributed by atoms with E-state index in [0.717, 1.165) is 37.8 Å². The Bertz CT molecular complexity index is 501. The average molecular weight is 288 g/mol. The zero-order valence-electron chi connectivity index (χ0n) is 12.6. The number of benzene rings is 1. The third-order valence-electron chi connectivity index (χ3n) is 4.79. The van der Waals surface area contributed by atoms with E-state index in [0.29, 0.717) is 18.6 Å². The van der Waals surface area contributed by atoms with E-state index in [1.165, 1.54) is 0 Å². The summed E-state index contributed by atoms with van der Waals surface area (Å²) in [6.07, 6.45) is 4.48. The van der Waals surface area contributed by atoms with Gasteiger partial charge in [0.15, 0.2) is 5.54 Å². The lowest BCUT2D eigenvalue weighted by atomic mass is 9.88. The van der Waals surface area contributed by atoms with E-state index in [4.69, 9.17) is 0 Å². The summed E-state index contributed by atoms with van der Waals surface area (Å²) < 4.78 is 0. The van der Waals surface area contributed by atoms with Gasteiger partial charge in [-0.15, -0.1) is 0 Å². The Morgan fingerprint density at radius 1 is 1.33 bits per heavy atom. The molecule has 0 spiro atoms. The topological polar surface area (TPSA) is 52.6 Å². The van der Waals surface area contributed by atoms with E-state index in [1.54, 1.807) is 0 Å². The molecule has 2 N–H and O–H groups in total. The molecule has 1 aliphatic carbocycles. The lowest BCUT2D eigenvalue weighted by Gasteiger charge is -2.36. The van der Waals surface area contributed by atoms with Gasteiger partial charge in [-0.2, -0.15) is 0 Å². The van der Waals surface area contributed by atoms with Crippen molar-refractivity contribution < 1.29 is 9.90 Å². The Labute approximate surface area is 126 Å². The summed E-state index contributed by atoms with van der Waals surface area (Å²) in [5, 5.41) is 13.4. The van der Waals surface area contributed by atoms with Gasteiger partial charge in [0.1, 0.15) is 0 Å². The van der Waals surface area contributed by atoms with Gasteiger partial charge in [-0.1, -0.05) is 30.3 Å². The number of aliphatic carboxylic acids is 1. The van der Waals surface area contributed by atoms with Crippen molar-refractivity contribution in [1.29, 1.82) is 0 Å². The zero-order chi connectivity index (χ0) is 14.9. The summed E-state index contributed by atoms with van der Waals surface area (Å²) >= 11 is 0. The third-order valence-corrected chi connectivity index (χ3v) is 4.79. The first-order chi connectivity index (χ1) is 10.1. The van der Waals surface area contributed by atoms with Crippen LogP contribution < -0.4 is 5.32 Å². The van der Waals surface area contributed by atoms with Crippen LogP contribution in [0.3, 0.4) is 0 Å². The minimum atomic E-state index is -0.985. The first-order valence-corrected chi connectivity index (χ1v) is 7.92. The maximum Gasteiger partial charge on any atom is 0.329 e. The third kappa shape index (κ3) is 2.97. The van der Waals surface area contributed by atoms with Crippen molar-refractivity contribution in [3.8, 4) is 0 Å². The number of carbonyl (C=O) groups is 1. The first-order valence-electron chi connectivity index (χ1n) is 7.92. The SMILES string of the molecule is CC1CCCN1CC(NC1CC1)(C(=O)O)c1ccccc1. The van der Waals surface area contributed by atoms with Crippen LogP contribution in [0.15, 0.2) is 30.3 Å².